The summed E-state index contributed by atoms with van der Waals surface area (Å²) in [6, 6.07) is 2.66. The zero-order valence-electron chi connectivity index (χ0n) is 16.6. The molecule has 2 amide bonds. The average Bonchev–Trinajstić information content (AvgIpc) is 3.00. The molecular weight excluding hydrogens is 342 g/mol. The molecule has 1 aromatic heterocycles. The van der Waals surface area contributed by atoms with Crippen LogP contribution in [0.5, 0.6) is 0 Å². The van der Waals surface area contributed by atoms with Gasteiger partial charge in [-0.05, 0) is 38.4 Å². The summed E-state index contributed by atoms with van der Waals surface area (Å²) >= 11 is 0. The van der Waals surface area contributed by atoms with Crippen molar-refractivity contribution in [3.05, 3.63) is 24.0 Å². The molecule has 0 aromatic carbocycles. The molecule has 2 atom stereocenters. The van der Waals surface area contributed by atoms with E-state index in [0.29, 0.717) is 19.0 Å². The molecule has 2 aliphatic rings. The molecule has 0 bridgehead atoms. The molecule has 0 spiro atoms. The van der Waals surface area contributed by atoms with Crippen LogP contribution in [0.1, 0.15) is 31.7 Å². The fourth-order valence-corrected chi connectivity index (χ4v) is 4.19. The standard InChI is InChI=1S/C20H31N5O2/c1-15-13-21-7-6-19(15)24-8-10-25(11-9-24)20(27)12-17-4-5-18(23(17)3)14-22-16(2)26/h6-7,13,17-18H,4-5,8-12,14H2,1-3H3,(H,22,26)/t17-,18+/m0/s1. The van der Waals surface area contributed by atoms with Gasteiger partial charge < -0.3 is 15.1 Å². The van der Waals surface area contributed by atoms with Gasteiger partial charge in [0, 0.05) is 76.2 Å². The first kappa shape index (κ1) is 19.6. The van der Waals surface area contributed by atoms with E-state index in [1.807, 2.05) is 17.3 Å². The van der Waals surface area contributed by atoms with Gasteiger partial charge in [0.1, 0.15) is 0 Å². The number of aromatic nitrogens is 1. The number of carbonyl (C=O) groups excluding carboxylic acids is 2. The molecule has 3 rings (SSSR count). The van der Waals surface area contributed by atoms with Crippen LogP contribution in [-0.4, -0.2) is 78.5 Å². The second kappa shape index (κ2) is 8.69. The molecule has 0 aliphatic carbocycles. The Bertz CT molecular complexity index is 672. The molecular formula is C20H31N5O2. The van der Waals surface area contributed by atoms with Crippen LogP contribution >= 0.6 is 0 Å². The molecule has 7 heteroatoms. The van der Waals surface area contributed by atoms with Crippen molar-refractivity contribution in [3.63, 3.8) is 0 Å². The Morgan fingerprint density at radius 1 is 1.19 bits per heavy atom. The zero-order valence-corrected chi connectivity index (χ0v) is 16.6. The predicted octanol–water partition coefficient (Wildman–Crippen LogP) is 1.03. The van der Waals surface area contributed by atoms with Gasteiger partial charge in [0.05, 0.1) is 0 Å². The molecule has 7 nitrogen and oxygen atoms in total. The zero-order chi connectivity index (χ0) is 19.4. The molecule has 0 saturated carbocycles. The van der Waals surface area contributed by atoms with Crippen molar-refractivity contribution in [1.29, 1.82) is 0 Å². The molecule has 0 radical (unpaired) electrons. The highest BCUT2D eigenvalue weighted by atomic mass is 16.2. The fourth-order valence-electron chi connectivity index (χ4n) is 4.19. The number of amides is 2. The lowest BCUT2D eigenvalue weighted by atomic mass is 10.1. The fraction of sp³-hybridized carbons (Fsp3) is 0.650. The normalized spacial score (nSPS) is 23.5. The van der Waals surface area contributed by atoms with E-state index in [1.165, 1.54) is 11.3 Å². The van der Waals surface area contributed by atoms with Crippen LogP contribution in [0, 0.1) is 6.92 Å². The van der Waals surface area contributed by atoms with Gasteiger partial charge >= 0.3 is 0 Å². The molecule has 1 aromatic rings. The van der Waals surface area contributed by atoms with Crippen LogP contribution in [-0.2, 0) is 9.59 Å². The van der Waals surface area contributed by atoms with E-state index in [4.69, 9.17) is 0 Å². The van der Waals surface area contributed by atoms with Crippen LogP contribution in [0.3, 0.4) is 0 Å². The van der Waals surface area contributed by atoms with Gasteiger partial charge in [-0.1, -0.05) is 0 Å². The lowest BCUT2D eigenvalue weighted by Crippen LogP contribution is -2.50. The molecule has 2 fully saturated rings. The highest BCUT2D eigenvalue weighted by Crippen LogP contribution is 2.25. The monoisotopic (exact) mass is 373 g/mol. The third kappa shape index (κ3) is 4.77. The minimum absolute atomic E-state index is 0.00484. The molecule has 27 heavy (non-hydrogen) atoms. The van der Waals surface area contributed by atoms with Crippen LogP contribution < -0.4 is 10.2 Å². The lowest BCUT2D eigenvalue weighted by Gasteiger charge is -2.37. The summed E-state index contributed by atoms with van der Waals surface area (Å²) in [5.41, 5.74) is 2.39. The summed E-state index contributed by atoms with van der Waals surface area (Å²) in [6.45, 7) is 7.56. The van der Waals surface area contributed by atoms with Gasteiger partial charge in [-0.25, -0.2) is 0 Å². The number of nitrogens with one attached hydrogen (secondary N) is 1. The summed E-state index contributed by atoms with van der Waals surface area (Å²) in [5.74, 6) is 0.253. The number of hydrogen-bond acceptors (Lipinski definition) is 5. The number of hydrogen-bond donors (Lipinski definition) is 1. The average molecular weight is 374 g/mol. The first-order chi connectivity index (χ1) is 13.0. The predicted molar refractivity (Wildman–Crippen MR) is 106 cm³/mol. The number of likely N-dealkylation sites (tertiary alicyclic amines) is 1. The van der Waals surface area contributed by atoms with E-state index in [9.17, 15) is 9.59 Å². The van der Waals surface area contributed by atoms with Crippen LogP contribution in [0.2, 0.25) is 0 Å². The van der Waals surface area contributed by atoms with Gasteiger partial charge in [-0.3, -0.25) is 19.5 Å². The number of rotatable bonds is 5. The maximum absolute atomic E-state index is 12.8. The molecule has 2 aliphatic heterocycles. The Balaban J connectivity index is 1.47. The first-order valence-electron chi connectivity index (χ1n) is 9.85. The highest BCUT2D eigenvalue weighted by Gasteiger charge is 2.33. The van der Waals surface area contributed by atoms with Crippen molar-refractivity contribution in [2.24, 2.45) is 0 Å². The van der Waals surface area contributed by atoms with E-state index in [1.54, 1.807) is 6.92 Å². The quantitative estimate of drug-likeness (QED) is 0.835. The van der Waals surface area contributed by atoms with Crippen molar-refractivity contribution >= 4 is 17.5 Å². The van der Waals surface area contributed by atoms with Gasteiger partial charge in [0.2, 0.25) is 11.8 Å². The van der Waals surface area contributed by atoms with E-state index < -0.39 is 0 Å². The molecule has 148 valence electrons. The van der Waals surface area contributed by atoms with E-state index in [2.05, 4.69) is 40.1 Å². The van der Waals surface area contributed by atoms with Gasteiger partial charge in [0.15, 0.2) is 0 Å². The lowest BCUT2D eigenvalue weighted by molar-refractivity contribution is -0.132. The first-order valence-corrected chi connectivity index (χ1v) is 9.85. The minimum Gasteiger partial charge on any atom is -0.368 e. The largest absolute Gasteiger partial charge is 0.368 e. The number of pyridine rings is 1. The molecule has 3 heterocycles. The SMILES string of the molecule is CC(=O)NC[C@H]1CC[C@@H](CC(=O)N2CCN(c3ccncc3C)CC2)N1C. The minimum atomic E-state index is 0.00484. The summed E-state index contributed by atoms with van der Waals surface area (Å²) in [4.78, 5) is 34.7. The number of likely N-dealkylation sites (N-methyl/N-ethyl adjacent to an activating group) is 1. The molecule has 0 unspecified atom stereocenters. The molecule has 1 N–H and O–H groups in total. The summed E-state index contributed by atoms with van der Waals surface area (Å²) in [5, 5.41) is 2.89. The Morgan fingerprint density at radius 2 is 1.89 bits per heavy atom. The topological polar surface area (TPSA) is 68.8 Å². The molecule has 2 saturated heterocycles. The van der Waals surface area contributed by atoms with Crippen LogP contribution in [0.25, 0.3) is 0 Å². The summed E-state index contributed by atoms with van der Waals surface area (Å²) in [7, 11) is 2.07. The van der Waals surface area contributed by atoms with Crippen molar-refractivity contribution in [2.45, 2.75) is 45.2 Å². The third-order valence-electron chi connectivity index (χ3n) is 5.95. The Hall–Kier alpha value is -2.15. The van der Waals surface area contributed by atoms with E-state index >= 15 is 0 Å². The second-order valence-electron chi connectivity index (χ2n) is 7.72. The van der Waals surface area contributed by atoms with E-state index in [0.717, 1.165) is 39.0 Å². The van der Waals surface area contributed by atoms with Gasteiger partial charge in [-0.2, -0.15) is 0 Å². The van der Waals surface area contributed by atoms with Gasteiger partial charge in [0.25, 0.3) is 0 Å². The maximum atomic E-state index is 12.8. The Morgan fingerprint density at radius 3 is 2.56 bits per heavy atom. The van der Waals surface area contributed by atoms with Crippen LogP contribution in [0.4, 0.5) is 5.69 Å². The van der Waals surface area contributed by atoms with Crippen molar-refractivity contribution < 1.29 is 9.59 Å². The number of aryl methyl sites for hydroxylation is 1. The van der Waals surface area contributed by atoms with Crippen molar-refractivity contribution in [2.75, 3.05) is 44.7 Å². The number of anilines is 1. The van der Waals surface area contributed by atoms with Gasteiger partial charge in [-0.15, -0.1) is 0 Å². The maximum Gasteiger partial charge on any atom is 0.224 e. The van der Waals surface area contributed by atoms with Crippen LogP contribution in [0.15, 0.2) is 18.5 Å². The second-order valence-corrected chi connectivity index (χ2v) is 7.72. The number of piperazine rings is 1. The third-order valence-corrected chi connectivity index (χ3v) is 5.95. The van der Waals surface area contributed by atoms with E-state index in [-0.39, 0.29) is 17.9 Å². The van der Waals surface area contributed by atoms with Crippen molar-refractivity contribution in [3.8, 4) is 0 Å². The van der Waals surface area contributed by atoms with Crippen molar-refractivity contribution in [1.82, 2.24) is 20.1 Å². The smallest absolute Gasteiger partial charge is 0.224 e. The summed E-state index contributed by atoms with van der Waals surface area (Å²) in [6.07, 6.45) is 6.33. The highest BCUT2D eigenvalue weighted by molar-refractivity contribution is 5.77. The summed E-state index contributed by atoms with van der Waals surface area (Å²) < 4.78 is 0. The number of nitrogens with zero attached hydrogens (tertiary/aromatic N) is 4. The Labute approximate surface area is 161 Å². The number of carbonyl (C=O) groups is 2. The Kier molecular flexibility index (Phi) is 6.31.